The van der Waals surface area contributed by atoms with Crippen LogP contribution in [0, 0.1) is 11.7 Å². The number of halogens is 4. The molecular formula is C29H28F4N4O7. The highest BCUT2D eigenvalue weighted by Gasteiger charge is 2.58. The van der Waals surface area contributed by atoms with Gasteiger partial charge in [-0.1, -0.05) is 18.2 Å². The molecule has 234 valence electrons. The number of benzene rings is 2. The Balaban J connectivity index is 1.32. The lowest BCUT2D eigenvalue weighted by molar-refractivity contribution is -0.187. The highest BCUT2D eigenvalue weighted by Crippen LogP contribution is 2.46. The fraction of sp³-hybridized carbons (Fsp3) is 0.414. The van der Waals surface area contributed by atoms with Crippen molar-refractivity contribution >= 4 is 35.6 Å². The first-order valence-electron chi connectivity index (χ1n) is 13.8. The maximum Gasteiger partial charge on any atom is 0.418 e. The van der Waals surface area contributed by atoms with Gasteiger partial charge in [0.2, 0.25) is 17.4 Å². The maximum atomic E-state index is 13.7. The molecule has 1 saturated carbocycles. The van der Waals surface area contributed by atoms with E-state index in [-0.39, 0.29) is 24.3 Å². The van der Waals surface area contributed by atoms with Crippen molar-refractivity contribution in [3.8, 4) is 0 Å². The summed E-state index contributed by atoms with van der Waals surface area (Å²) in [6, 6.07) is 5.80. The molecule has 5 rings (SSSR count). The number of fused-ring (bicyclic) bond motifs is 2. The van der Waals surface area contributed by atoms with E-state index in [1.807, 2.05) is 0 Å². The average Bonchev–Trinajstić information content (AvgIpc) is 3.70. The third-order valence-corrected chi connectivity index (χ3v) is 8.10. The summed E-state index contributed by atoms with van der Waals surface area (Å²) in [4.78, 5) is 64.4. The molecule has 11 nitrogen and oxygen atoms in total. The maximum absolute atomic E-state index is 13.7. The number of nitrogens with zero attached hydrogens (tertiary/aromatic N) is 2. The number of ether oxygens (including phenoxy) is 1. The van der Waals surface area contributed by atoms with E-state index in [2.05, 4.69) is 10.6 Å². The third-order valence-electron chi connectivity index (χ3n) is 8.10. The molecule has 0 aromatic heterocycles. The lowest BCUT2D eigenvalue weighted by Gasteiger charge is -2.31. The molecule has 3 atom stereocenters. The summed E-state index contributed by atoms with van der Waals surface area (Å²) >= 11 is 0. The van der Waals surface area contributed by atoms with Gasteiger partial charge < -0.3 is 25.4 Å². The van der Waals surface area contributed by atoms with E-state index >= 15 is 0 Å². The van der Waals surface area contributed by atoms with Crippen LogP contribution in [0.4, 0.5) is 32.8 Å². The van der Waals surface area contributed by atoms with Crippen LogP contribution in [0.3, 0.4) is 0 Å². The number of carbonyl (C=O) groups is 5. The largest absolute Gasteiger partial charge is 0.465 e. The molecule has 2 aliphatic carbocycles. The predicted octanol–water partition coefficient (Wildman–Crippen LogP) is 3.91. The van der Waals surface area contributed by atoms with E-state index in [1.165, 1.54) is 24.3 Å². The molecule has 1 unspecified atom stereocenters. The zero-order valence-corrected chi connectivity index (χ0v) is 23.3. The molecule has 1 spiro atoms. The highest BCUT2D eigenvalue weighted by molar-refractivity contribution is 6.06. The SMILES string of the molecule is C[C@H](N(Cc1ccc(F)cc1)C(=O)CN1C(=O)OC2(CCc3cc(NC(=O)[C@H](NC(=O)O)C4CC4)ccc32)C1=O)C(F)(F)F. The first-order valence-corrected chi connectivity index (χ1v) is 13.8. The van der Waals surface area contributed by atoms with E-state index in [0.29, 0.717) is 39.5 Å². The van der Waals surface area contributed by atoms with E-state index in [9.17, 15) is 41.5 Å². The number of aryl methyl sites for hydroxylation is 1. The summed E-state index contributed by atoms with van der Waals surface area (Å²) in [6.45, 7) is -0.798. The lowest BCUT2D eigenvalue weighted by Crippen LogP contribution is -2.51. The molecular weight excluding hydrogens is 592 g/mol. The van der Waals surface area contributed by atoms with Crippen molar-refractivity contribution in [3.05, 3.63) is 65.0 Å². The van der Waals surface area contributed by atoms with Crippen molar-refractivity contribution in [1.29, 1.82) is 0 Å². The Morgan fingerprint density at radius 2 is 1.82 bits per heavy atom. The van der Waals surface area contributed by atoms with Crippen LogP contribution in [0.1, 0.15) is 42.9 Å². The van der Waals surface area contributed by atoms with Gasteiger partial charge in [0, 0.05) is 24.2 Å². The molecule has 1 aliphatic heterocycles. The number of carboxylic acid groups (broad SMARTS) is 1. The van der Waals surface area contributed by atoms with Gasteiger partial charge in [-0.15, -0.1) is 0 Å². The summed E-state index contributed by atoms with van der Waals surface area (Å²) in [5.74, 6) is -3.35. The molecule has 2 aromatic carbocycles. The van der Waals surface area contributed by atoms with Gasteiger partial charge in [0.1, 0.15) is 24.4 Å². The zero-order valence-electron chi connectivity index (χ0n) is 23.3. The number of rotatable bonds is 9. The fourth-order valence-electron chi connectivity index (χ4n) is 5.54. The van der Waals surface area contributed by atoms with E-state index < -0.39 is 72.7 Å². The number of hydrogen-bond acceptors (Lipinski definition) is 6. The number of anilines is 1. The Hall–Kier alpha value is -4.69. The number of nitrogens with one attached hydrogen (secondary N) is 2. The quantitative estimate of drug-likeness (QED) is 0.361. The molecule has 15 heteroatoms. The summed E-state index contributed by atoms with van der Waals surface area (Å²) in [7, 11) is 0. The Morgan fingerprint density at radius 3 is 2.43 bits per heavy atom. The van der Waals surface area contributed by atoms with Gasteiger partial charge in [-0.25, -0.2) is 18.9 Å². The minimum absolute atomic E-state index is 0.00147. The minimum atomic E-state index is -4.83. The number of hydrogen-bond donors (Lipinski definition) is 3. The predicted molar refractivity (Wildman–Crippen MR) is 143 cm³/mol. The standard InChI is InChI=1S/C29H28F4N4O7/c1-15(29(31,32)33)36(13-16-2-6-19(30)7-3-16)22(38)14-37-25(40)28(44-27(37)43)11-10-18-12-20(8-9-21(18)28)34-24(39)23(17-4-5-17)35-26(41)42/h2-3,6-9,12,15,17,23,35H,4-5,10-11,13-14H2,1H3,(H,34,39)(H,41,42)/t15-,23+,28?/m0/s1. The highest BCUT2D eigenvalue weighted by atomic mass is 19.4. The van der Waals surface area contributed by atoms with Crippen molar-refractivity contribution < 1.29 is 51.4 Å². The fourth-order valence-corrected chi connectivity index (χ4v) is 5.54. The molecule has 3 aliphatic rings. The molecule has 1 saturated heterocycles. The van der Waals surface area contributed by atoms with Crippen molar-refractivity contribution in [1.82, 2.24) is 15.1 Å². The molecule has 1 heterocycles. The number of alkyl halides is 3. The summed E-state index contributed by atoms with van der Waals surface area (Å²) in [5, 5.41) is 13.9. The van der Waals surface area contributed by atoms with Crippen molar-refractivity contribution in [2.24, 2.45) is 5.92 Å². The first-order chi connectivity index (χ1) is 20.7. The Bertz CT molecular complexity index is 1510. The Morgan fingerprint density at radius 1 is 1.14 bits per heavy atom. The van der Waals surface area contributed by atoms with Crippen LogP contribution in [0.15, 0.2) is 42.5 Å². The van der Waals surface area contributed by atoms with Gasteiger partial charge in [-0.2, -0.15) is 13.2 Å². The van der Waals surface area contributed by atoms with Crippen LogP contribution in [0.2, 0.25) is 0 Å². The number of carbonyl (C=O) groups excluding carboxylic acids is 4. The molecule has 0 radical (unpaired) electrons. The van der Waals surface area contributed by atoms with Gasteiger partial charge in [-0.3, -0.25) is 14.4 Å². The third kappa shape index (κ3) is 6.03. The van der Waals surface area contributed by atoms with Crippen molar-refractivity contribution in [3.63, 3.8) is 0 Å². The summed E-state index contributed by atoms with van der Waals surface area (Å²) in [5.41, 5.74) is -0.413. The van der Waals surface area contributed by atoms with Gasteiger partial charge in [0.15, 0.2) is 0 Å². The molecule has 2 aromatic rings. The monoisotopic (exact) mass is 620 g/mol. The van der Waals surface area contributed by atoms with Gasteiger partial charge in [0.25, 0.3) is 5.91 Å². The Kier molecular flexibility index (Phi) is 7.99. The average molecular weight is 621 g/mol. The number of amides is 5. The van der Waals surface area contributed by atoms with Crippen LogP contribution in [0.25, 0.3) is 0 Å². The van der Waals surface area contributed by atoms with Crippen LogP contribution >= 0.6 is 0 Å². The molecule has 0 bridgehead atoms. The van der Waals surface area contributed by atoms with E-state index in [4.69, 9.17) is 9.84 Å². The van der Waals surface area contributed by atoms with Crippen LogP contribution in [-0.4, -0.2) is 69.6 Å². The van der Waals surface area contributed by atoms with Gasteiger partial charge in [-0.05, 0) is 67.5 Å². The van der Waals surface area contributed by atoms with Crippen molar-refractivity contribution in [2.45, 2.75) is 63.0 Å². The van der Waals surface area contributed by atoms with Gasteiger partial charge in [0.05, 0.1) is 0 Å². The van der Waals surface area contributed by atoms with E-state index in [1.54, 1.807) is 6.07 Å². The van der Waals surface area contributed by atoms with Crippen LogP contribution in [-0.2, 0) is 37.7 Å². The minimum Gasteiger partial charge on any atom is -0.465 e. The lowest BCUT2D eigenvalue weighted by atomic mass is 9.94. The molecule has 3 N–H and O–H groups in total. The zero-order chi connectivity index (χ0) is 32.0. The molecule has 5 amide bonds. The Labute approximate surface area is 248 Å². The first kappa shape index (κ1) is 30.8. The summed E-state index contributed by atoms with van der Waals surface area (Å²) in [6.07, 6.45) is -5.70. The van der Waals surface area contributed by atoms with Gasteiger partial charge >= 0.3 is 18.4 Å². The molecule has 2 fully saturated rings. The normalized spacial score (nSPS) is 20.6. The second kappa shape index (κ2) is 11.4. The van der Waals surface area contributed by atoms with E-state index in [0.717, 1.165) is 19.1 Å². The van der Waals surface area contributed by atoms with Crippen LogP contribution in [0.5, 0.6) is 0 Å². The number of imide groups is 1. The van der Waals surface area contributed by atoms with Crippen LogP contribution < -0.4 is 10.6 Å². The molecule has 44 heavy (non-hydrogen) atoms. The smallest absolute Gasteiger partial charge is 0.418 e. The summed E-state index contributed by atoms with van der Waals surface area (Å²) < 4.78 is 59.8. The second-order valence-electron chi connectivity index (χ2n) is 11.1. The second-order valence-corrected chi connectivity index (χ2v) is 11.1. The van der Waals surface area contributed by atoms with Crippen molar-refractivity contribution in [2.75, 3.05) is 11.9 Å². The topological polar surface area (TPSA) is 145 Å².